The Bertz CT molecular complexity index is 1240. The van der Waals surface area contributed by atoms with Gasteiger partial charge in [0.25, 0.3) is 5.91 Å². The maximum absolute atomic E-state index is 14.8. The number of nitriles is 1. The summed E-state index contributed by atoms with van der Waals surface area (Å²) in [6.07, 6.45) is 1.94. The number of aromatic nitrogens is 4. The Kier molecular flexibility index (Phi) is 5.76. The fraction of sp³-hybridized carbons (Fsp3) is 0.333. The quantitative estimate of drug-likeness (QED) is 0.528. The van der Waals surface area contributed by atoms with E-state index in [1.54, 1.807) is 34.8 Å². The molecule has 1 fully saturated rings. The van der Waals surface area contributed by atoms with Crippen LogP contribution in [0.15, 0.2) is 36.9 Å². The highest BCUT2D eigenvalue weighted by Crippen LogP contribution is 2.38. The molecule has 8 nitrogen and oxygen atoms in total. The molecular weight excluding hydrogens is 461 g/mol. The number of amides is 1. The van der Waals surface area contributed by atoms with Gasteiger partial charge < -0.3 is 10.2 Å². The number of carbonyl (C=O) groups is 1. The minimum absolute atomic E-state index is 0.0515. The molecule has 1 amide bonds. The minimum Gasteiger partial charge on any atom is -0.364 e. The normalized spacial score (nSPS) is 16.0. The van der Waals surface area contributed by atoms with E-state index in [2.05, 4.69) is 21.4 Å². The molecule has 4 rings (SSSR count). The van der Waals surface area contributed by atoms with Gasteiger partial charge in [-0.05, 0) is 13.0 Å². The van der Waals surface area contributed by atoms with Crippen LogP contribution in [0.25, 0.3) is 11.1 Å². The molecule has 0 aliphatic carbocycles. The van der Waals surface area contributed by atoms with Crippen LogP contribution in [0.2, 0.25) is 0 Å². The van der Waals surface area contributed by atoms with Gasteiger partial charge in [0.15, 0.2) is 0 Å². The molecule has 1 atom stereocenters. The van der Waals surface area contributed by atoms with E-state index in [4.69, 9.17) is 0 Å². The van der Waals surface area contributed by atoms with Gasteiger partial charge in [0.05, 0.1) is 36.1 Å². The van der Waals surface area contributed by atoms with Gasteiger partial charge in [0.2, 0.25) is 0 Å². The lowest BCUT2D eigenvalue weighted by molar-refractivity contribution is -0.149. The highest BCUT2D eigenvalue weighted by Gasteiger charge is 2.46. The number of hydrogen-bond donors (Lipinski definition) is 2. The van der Waals surface area contributed by atoms with Crippen molar-refractivity contribution in [3.63, 3.8) is 0 Å². The predicted molar refractivity (Wildman–Crippen MR) is 110 cm³/mol. The van der Waals surface area contributed by atoms with Crippen molar-refractivity contribution in [2.24, 2.45) is 0 Å². The summed E-state index contributed by atoms with van der Waals surface area (Å²) < 4.78 is 68.9. The molecule has 34 heavy (non-hydrogen) atoms. The maximum atomic E-state index is 14.8. The van der Waals surface area contributed by atoms with Crippen molar-refractivity contribution in [2.75, 3.05) is 18.0 Å². The molecule has 3 heterocycles. The van der Waals surface area contributed by atoms with Crippen molar-refractivity contribution < 1.29 is 26.7 Å². The Labute approximate surface area is 190 Å². The van der Waals surface area contributed by atoms with Crippen molar-refractivity contribution in [1.29, 1.82) is 5.26 Å². The molecule has 0 saturated carbocycles. The number of hydrogen-bond acceptors (Lipinski definition) is 5. The molecule has 0 radical (unpaired) electrons. The lowest BCUT2D eigenvalue weighted by Crippen LogP contribution is -2.63. The fourth-order valence-corrected chi connectivity index (χ4v) is 3.77. The van der Waals surface area contributed by atoms with Crippen LogP contribution in [0, 0.1) is 23.0 Å². The number of halogens is 5. The molecule has 2 aromatic heterocycles. The molecular formula is C21H18F5N7O. The SMILES string of the molecule is CC(NC(=O)c1cc(F)c(N2CC(CC#N)(n3cc(-c4cn[nH]c4)cn3)C2)cc1F)C(F)(F)F. The summed E-state index contributed by atoms with van der Waals surface area (Å²) in [5.74, 6) is -3.52. The van der Waals surface area contributed by atoms with Crippen LogP contribution in [-0.2, 0) is 5.54 Å². The number of aromatic amines is 1. The average molecular weight is 479 g/mol. The monoisotopic (exact) mass is 479 g/mol. The number of nitrogens with zero attached hydrogens (tertiary/aromatic N) is 5. The average Bonchev–Trinajstić information content (AvgIpc) is 3.43. The molecule has 0 bridgehead atoms. The summed E-state index contributed by atoms with van der Waals surface area (Å²) in [4.78, 5) is 13.5. The second kappa shape index (κ2) is 8.44. The Morgan fingerprint density at radius 2 is 2.00 bits per heavy atom. The summed E-state index contributed by atoms with van der Waals surface area (Å²) in [6.45, 7) is 0.947. The number of alkyl halides is 3. The van der Waals surface area contributed by atoms with Gasteiger partial charge in [-0.1, -0.05) is 0 Å². The molecule has 0 spiro atoms. The van der Waals surface area contributed by atoms with Crippen molar-refractivity contribution in [2.45, 2.75) is 31.1 Å². The van der Waals surface area contributed by atoms with Crippen molar-refractivity contribution in [3.8, 4) is 17.2 Å². The summed E-state index contributed by atoms with van der Waals surface area (Å²) in [7, 11) is 0. The van der Waals surface area contributed by atoms with Crippen LogP contribution in [0.1, 0.15) is 23.7 Å². The van der Waals surface area contributed by atoms with E-state index < -0.39 is 40.9 Å². The van der Waals surface area contributed by atoms with Gasteiger partial charge >= 0.3 is 6.18 Å². The molecule has 1 unspecified atom stereocenters. The van der Waals surface area contributed by atoms with E-state index in [0.717, 1.165) is 17.2 Å². The van der Waals surface area contributed by atoms with E-state index in [9.17, 15) is 32.0 Å². The van der Waals surface area contributed by atoms with Crippen molar-refractivity contribution in [1.82, 2.24) is 25.3 Å². The number of carbonyl (C=O) groups excluding carboxylic acids is 1. The Hall–Kier alpha value is -3.95. The van der Waals surface area contributed by atoms with Crippen LogP contribution < -0.4 is 10.2 Å². The largest absolute Gasteiger partial charge is 0.408 e. The van der Waals surface area contributed by atoms with Crippen LogP contribution in [0.5, 0.6) is 0 Å². The summed E-state index contributed by atoms with van der Waals surface area (Å²) >= 11 is 0. The topological polar surface area (TPSA) is 103 Å². The molecule has 3 aromatic rings. The first-order valence-electron chi connectivity index (χ1n) is 10.1. The summed E-state index contributed by atoms with van der Waals surface area (Å²) in [5.41, 5.74) is -0.258. The predicted octanol–water partition coefficient (Wildman–Crippen LogP) is 3.36. The molecule has 1 aromatic carbocycles. The van der Waals surface area contributed by atoms with E-state index in [-0.39, 0.29) is 25.2 Å². The first-order chi connectivity index (χ1) is 16.0. The molecule has 1 aliphatic rings. The number of nitrogens with one attached hydrogen (secondary N) is 2. The van der Waals surface area contributed by atoms with Crippen molar-refractivity contribution in [3.05, 3.63) is 54.1 Å². The van der Waals surface area contributed by atoms with E-state index >= 15 is 0 Å². The smallest absolute Gasteiger partial charge is 0.364 e. The number of anilines is 1. The second-order valence-electron chi connectivity index (χ2n) is 8.10. The van der Waals surface area contributed by atoms with Crippen LogP contribution >= 0.6 is 0 Å². The zero-order valence-electron chi connectivity index (χ0n) is 17.7. The van der Waals surface area contributed by atoms with Gasteiger partial charge in [-0.15, -0.1) is 0 Å². The van der Waals surface area contributed by atoms with Crippen molar-refractivity contribution >= 4 is 11.6 Å². The zero-order chi connectivity index (χ0) is 24.7. The lowest BCUT2D eigenvalue weighted by Gasteiger charge is -2.50. The van der Waals surface area contributed by atoms with Crippen LogP contribution in [0.4, 0.5) is 27.6 Å². The summed E-state index contributed by atoms with van der Waals surface area (Å²) in [6, 6.07) is 1.19. The first-order valence-corrected chi connectivity index (χ1v) is 10.1. The third kappa shape index (κ3) is 4.18. The highest BCUT2D eigenvalue weighted by atomic mass is 19.4. The Morgan fingerprint density at radius 3 is 2.62 bits per heavy atom. The van der Waals surface area contributed by atoms with E-state index in [1.807, 2.05) is 0 Å². The third-order valence-electron chi connectivity index (χ3n) is 5.74. The Balaban J connectivity index is 1.53. The van der Waals surface area contributed by atoms with Gasteiger partial charge in [0, 0.05) is 42.7 Å². The molecule has 178 valence electrons. The number of benzene rings is 1. The molecule has 1 saturated heterocycles. The summed E-state index contributed by atoms with van der Waals surface area (Å²) in [5, 5.41) is 21.8. The maximum Gasteiger partial charge on any atom is 0.408 e. The molecule has 1 aliphatic heterocycles. The minimum atomic E-state index is -4.73. The second-order valence-corrected chi connectivity index (χ2v) is 8.10. The fourth-order valence-electron chi connectivity index (χ4n) is 3.77. The van der Waals surface area contributed by atoms with Gasteiger partial charge in [-0.25, -0.2) is 8.78 Å². The van der Waals surface area contributed by atoms with Gasteiger partial charge in [-0.3, -0.25) is 14.6 Å². The van der Waals surface area contributed by atoms with Gasteiger partial charge in [-0.2, -0.15) is 28.6 Å². The van der Waals surface area contributed by atoms with Gasteiger partial charge in [0.1, 0.15) is 23.2 Å². The third-order valence-corrected chi connectivity index (χ3v) is 5.74. The molecule has 13 heteroatoms. The number of H-pyrrole nitrogens is 1. The number of rotatable bonds is 6. The van der Waals surface area contributed by atoms with E-state index in [0.29, 0.717) is 13.0 Å². The lowest BCUT2D eigenvalue weighted by atomic mass is 9.86. The first kappa shape index (κ1) is 23.2. The van der Waals surface area contributed by atoms with E-state index in [1.165, 1.54) is 4.90 Å². The standard InChI is InChI=1S/C21H18F5N7O/c1-12(21(24,25)26)31-19(34)15-4-17(23)18(5-16(15)22)32-10-20(11-32,2-3-27)33-9-14(8-30-33)13-6-28-29-7-13/h4-9,12H,2,10-11H2,1H3,(H,28,29)(H,31,34). The van der Waals surface area contributed by atoms with Crippen LogP contribution in [0.3, 0.4) is 0 Å². The Morgan fingerprint density at radius 1 is 1.26 bits per heavy atom. The zero-order valence-corrected chi connectivity index (χ0v) is 17.7. The highest BCUT2D eigenvalue weighted by molar-refractivity contribution is 5.95. The molecule has 2 N–H and O–H groups in total. The van der Waals surface area contributed by atoms with Crippen LogP contribution in [-0.4, -0.2) is 51.2 Å².